The summed E-state index contributed by atoms with van der Waals surface area (Å²) in [4.78, 5) is 21.5. The van der Waals surface area contributed by atoms with Crippen molar-refractivity contribution in [1.82, 2.24) is 5.32 Å². The van der Waals surface area contributed by atoms with Crippen molar-refractivity contribution >= 4 is 23.3 Å². The lowest BCUT2D eigenvalue weighted by Gasteiger charge is -2.22. The molecule has 0 saturated carbocycles. The third kappa shape index (κ3) is 7.30. The molecular weight excluding hydrogens is 286 g/mol. The zero-order chi connectivity index (χ0) is 16.4. The summed E-state index contributed by atoms with van der Waals surface area (Å²) in [6.45, 7) is 4.38. The van der Waals surface area contributed by atoms with Crippen LogP contribution in [0.3, 0.4) is 0 Å². The first-order valence-electron chi connectivity index (χ1n) is 6.94. The highest BCUT2D eigenvalue weighted by Gasteiger charge is 2.08. The van der Waals surface area contributed by atoms with E-state index in [2.05, 4.69) is 16.3 Å². The molecule has 0 aromatic heterocycles. The van der Waals surface area contributed by atoms with E-state index in [1.807, 2.05) is 18.2 Å². The minimum Gasteiger partial charge on any atom is -0.478 e. The van der Waals surface area contributed by atoms with Gasteiger partial charge < -0.3 is 26.2 Å². The Kier molecular flexibility index (Phi) is 7.49. The molecule has 7 nitrogen and oxygen atoms in total. The second kappa shape index (κ2) is 9.41. The van der Waals surface area contributed by atoms with Crippen molar-refractivity contribution in [1.29, 1.82) is 0 Å². The van der Waals surface area contributed by atoms with Crippen LogP contribution in [-0.4, -0.2) is 48.3 Å². The number of nitrogens with two attached hydrogens (primary N) is 1. The van der Waals surface area contributed by atoms with Gasteiger partial charge in [-0.1, -0.05) is 6.07 Å². The van der Waals surface area contributed by atoms with Crippen LogP contribution in [0, 0.1) is 0 Å². The number of anilines is 2. The van der Waals surface area contributed by atoms with E-state index in [1.54, 1.807) is 0 Å². The molecule has 1 aromatic rings. The van der Waals surface area contributed by atoms with Crippen LogP contribution >= 0.6 is 0 Å². The monoisotopic (exact) mass is 307 g/mol. The third-order valence-electron chi connectivity index (χ3n) is 2.94. The Bertz CT molecular complexity index is 507. The van der Waals surface area contributed by atoms with Gasteiger partial charge in [-0.25, -0.2) is 9.59 Å². The highest BCUT2D eigenvalue weighted by molar-refractivity contribution is 5.89. The Balaban J connectivity index is 0.000000261. The van der Waals surface area contributed by atoms with E-state index >= 15 is 0 Å². The normalized spacial score (nSPS) is 14.8. The van der Waals surface area contributed by atoms with Crippen LogP contribution in [0.1, 0.15) is 6.42 Å². The molecule has 5 N–H and O–H groups in total. The smallest absolute Gasteiger partial charge is 0.328 e. The summed E-state index contributed by atoms with van der Waals surface area (Å²) in [6.07, 6.45) is 2.32. The van der Waals surface area contributed by atoms with Gasteiger partial charge in [0.2, 0.25) is 0 Å². The quantitative estimate of drug-likeness (QED) is 0.481. The van der Waals surface area contributed by atoms with Gasteiger partial charge in [0.25, 0.3) is 0 Å². The van der Waals surface area contributed by atoms with Gasteiger partial charge in [-0.2, -0.15) is 0 Å². The first-order chi connectivity index (χ1) is 10.5. The van der Waals surface area contributed by atoms with Gasteiger partial charge in [-0.05, 0) is 31.2 Å². The van der Waals surface area contributed by atoms with Crippen molar-refractivity contribution in [3.05, 3.63) is 36.4 Å². The number of carboxylic acids is 2. The molecule has 1 aliphatic rings. The van der Waals surface area contributed by atoms with Crippen LogP contribution in [0.25, 0.3) is 0 Å². The Morgan fingerprint density at radius 1 is 1.14 bits per heavy atom. The molecule has 0 atom stereocenters. The van der Waals surface area contributed by atoms with Gasteiger partial charge in [-0.15, -0.1) is 0 Å². The van der Waals surface area contributed by atoms with E-state index in [4.69, 9.17) is 15.9 Å². The maximum Gasteiger partial charge on any atom is 0.328 e. The van der Waals surface area contributed by atoms with E-state index in [-0.39, 0.29) is 0 Å². The molecule has 1 saturated heterocycles. The lowest BCUT2D eigenvalue weighted by molar-refractivity contribution is -0.134. The van der Waals surface area contributed by atoms with Crippen molar-refractivity contribution in [3.8, 4) is 0 Å². The summed E-state index contributed by atoms with van der Waals surface area (Å²) in [5, 5.41) is 19.0. The largest absolute Gasteiger partial charge is 0.478 e. The SMILES string of the molecule is Nc1cccc(N2CCCNCC2)c1.O=C(O)/C=C/C(=O)O. The Labute approximate surface area is 129 Å². The molecule has 2 rings (SSSR count). The molecule has 7 heteroatoms. The van der Waals surface area contributed by atoms with E-state index in [1.165, 1.54) is 12.1 Å². The molecule has 1 aromatic carbocycles. The fourth-order valence-electron chi connectivity index (χ4n) is 1.97. The number of benzene rings is 1. The summed E-state index contributed by atoms with van der Waals surface area (Å²) in [6, 6.07) is 8.12. The molecule has 120 valence electrons. The first-order valence-corrected chi connectivity index (χ1v) is 6.94. The number of nitrogens with zero attached hydrogens (tertiary/aromatic N) is 1. The number of nitrogen functional groups attached to an aromatic ring is 1. The number of nitrogens with one attached hydrogen (secondary N) is 1. The van der Waals surface area contributed by atoms with Crippen molar-refractivity contribution < 1.29 is 19.8 Å². The first kappa shape index (κ1) is 17.5. The number of rotatable bonds is 3. The second-order valence-electron chi connectivity index (χ2n) is 4.70. The average Bonchev–Trinajstić information content (AvgIpc) is 2.75. The number of aliphatic carboxylic acids is 2. The van der Waals surface area contributed by atoms with Crippen LogP contribution in [0.5, 0.6) is 0 Å². The second-order valence-corrected chi connectivity index (χ2v) is 4.70. The summed E-state index contributed by atoms with van der Waals surface area (Å²) in [7, 11) is 0. The van der Waals surface area contributed by atoms with Crippen molar-refractivity contribution in [2.75, 3.05) is 36.8 Å². The Hall–Kier alpha value is -2.54. The molecule has 0 aliphatic carbocycles. The van der Waals surface area contributed by atoms with E-state index in [0.717, 1.165) is 31.9 Å². The lowest BCUT2D eigenvalue weighted by Crippen LogP contribution is -2.27. The van der Waals surface area contributed by atoms with Crippen molar-refractivity contribution in [2.45, 2.75) is 6.42 Å². The van der Waals surface area contributed by atoms with Gasteiger partial charge in [0.15, 0.2) is 0 Å². The van der Waals surface area contributed by atoms with Gasteiger partial charge in [0.1, 0.15) is 0 Å². The molecule has 22 heavy (non-hydrogen) atoms. The minimum absolute atomic E-state index is 0.558. The predicted molar refractivity (Wildman–Crippen MR) is 85.0 cm³/mol. The predicted octanol–water partition coefficient (Wildman–Crippen LogP) is 0.780. The van der Waals surface area contributed by atoms with Crippen molar-refractivity contribution in [3.63, 3.8) is 0 Å². The maximum absolute atomic E-state index is 9.55. The summed E-state index contributed by atoms with van der Waals surface area (Å²) >= 11 is 0. The minimum atomic E-state index is -1.26. The van der Waals surface area contributed by atoms with Crippen LogP contribution < -0.4 is 16.0 Å². The molecule has 0 radical (unpaired) electrons. The van der Waals surface area contributed by atoms with E-state index < -0.39 is 11.9 Å². The maximum atomic E-state index is 9.55. The molecular formula is C15H21N3O4. The van der Waals surface area contributed by atoms with Crippen LogP contribution in [0.2, 0.25) is 0 Å². The van der Waals surface area contributed by atoms with Gasteiger partial charge >= 0.3 is 11.9 Å². The fraction of sp³-hybridized carbons (Fsp3) is 0.333. The molecule has 1 heterocycles. The number of carbonyl (C=O) groups is 2. The Morgan fingerprint density at radius 2 is 1.82 bits per heavy atom. The molecule has 1 fully saturated rings. The highest BCUT2D eigenvalue weighted by Crippen LogP contribution is 2.17. The Morgan fingerprint density at radius 3 is 2.41 bits per heavy atom. The summed E-state index contributed by atoms with van der Waals surface area (Å²) in [5.74, 6) is -2.51. The standard InChI is InChI=1S/C11H17N3.C4H4O4/c12-10-3-1-4-11(9-10)14-7-2-5-13-6-8-14;5-3(6)1-2-4(7)8/h1,3-4,9,13H,2,5-8,12H2;1-2H,(H,5,6)(H,7,8)/b;2-1+. The molecule has 0 unspecified atom stereocenters. The van der Waals surface area contributed by atoms with Crippen molar-refractivity contribution in [2.24, 2.45) is 0 Å². The zero-order valence-corrected chi connectivity index (χ0v) is 12.2. The van der Waals surface area contributed by atoms with Crippen LogP contribution in [-0.2, 0) is 9.59 Å². The van der Waals surface area contributed by atoms with Gasteiger partial charge in [0, 0.05) is 43.2 Å². The van der Waals surface area contributed by atoms with Crippen LogP contribution in [0.15, 0.2) is 36.4 Å². The molecule has 0 amide bonds. The van der Waals surface area contributed by atoms with Crippen LogP contribution in [0.4, 0.5) is 11.4 Å². The fourth-order valence-corrected chi connectivity index (χ4v) is 1.97. The topological polar surface area (TPSA) is 116 Å². The van der Waals surface area contributed by atoms with E-state index in [9.17, 15) is 9.59 Å². The van der Waals surface area contributed by atoms with E-state index in [0.29, 0.717) is 12.2 Å². The molecule has 1 aliphatic heterocycles. The summed E-state index contributed by atoms with van der Waals surface area (Å²) < 4.78 is 0. The third-order valence-corrected chi connectivity index (χ3v) is 2.94. The zero-order valence-electron chi connectivity index (χ0n) is 12.2. The van der Waals surface area contributed by atoms with Gasteiger partial charge in [0.05, 0.1) is 0 Å². The summed E-state index contributed by atoms with van der Waals surface area (Å²) in [5.41, 5.74) is 7.85. The number of hydrogen-bond donors (Lipinski definition) is 4. The number of hydrogen-bond acceptors (Lipinski definition) is 5. The number of carboxylic acid groups (broad SMARTS) is 2. The lowest BCUT2D eigenvalue weighted by atomic mass is 10.2. The average molecular weight is 307 g/mol. The molecule has 0 bridgehead atoms. The van der Waals surface area contributed by atoms with Gasteiger partial charge in [-0.3, -0.25) is 0 Å². The highest BCUT2D eigenvalue weighted by atomic mass is 16.4. The molecule has 0 spiro atoms.